The highest BCUT2D eigenvalue weighted by Gasteiger charge is 2.40. The molecule has 1 aliphatic heterocycles. The molecule has 3 rings (SSSR count). The standard InChI is InChI=1S/C16H19BrN4S2/c1-20(2)7-8-21-15(13-9-11(17)10-23-13)14(19-16(21)22)12-5-3-4-6-18-12/h3-6,9-10,14-15H,7-8H2,1-2H3,(H,19,22). The molecule has 1 fully saturated rings. The van der Waals surface area contributed by atoms with Crippen LogP contribution in [0.4, 0.5) is 0 Å². The number of nitrogens with one attached hydrogen (secondary N) is 1. The summed E-state index contributed by atoms with van der Waals surface area (Å²) in [7, 11) is 4.17. The predicted molar refractivity (Wildman–Crippen MR) is 103 cm³/mol. The first-order valence-corrected chi connectivity index (χ1v) is 9.51. The first-order chi connectivity index (χ1) is 11.1. The summed E-state index contributed by atoms with van der Waals surface area (Å²) in [6.45, 7) is 1.85. The Morgan fingerprint density at radius 2 is 2.26 bits per heavy atom. The smallest absolute Gasteiger partial charge is 0.170 e. The molecule has 7 heteroatoms. The molecule has 23 heavy (non-hydrogen) atoms. The van der Waals surface area contributed by atoms with Crippen LogP contribution in [0.25, 0.3) is 0 Å². The Morgan fingerprint density at radius 1 is 1.43 bits per heavy atom. The maximum Gasteiger partial charge on any atom is 0.170 e. The van der Waals surface area contributed by atoms with Gasteiger partial charge in [-0.2, -0.15) is 0 Å². The number of aromatic nitrogens is 1. The van der Waals surface area contributed by atoms with Crippen LogP contribution in [0.15, 0.2) is 40.3 Å². The zero-order valence-corrected chi connectivity index (χ0v) is 16.3. The summed E-state index contributed by atoms with van der Waals surface area (Å²) in [5, 5.41) is 6.39. The van der Waals surface area contributed by atoms with Crippen LogP contribution in [-0.2, 0) is 0 Å². The highest BCUT2D eigenvalue weighted by Crippen LogP contribution is 2.41. The Hall–Kier alpha value is -1.02. The van der Waals surface area contributed by atoms with Crippen molar-refractivity contribution in [2.45, 2.75) is 12.1 Å². The van der Waals surface area contributed by atoms with Gasteiger partial charge in [-0.1, -0.05) is 6.07 Å². The number of nitrogens with zero attached hydrogens (tertiary/aromatic N) is 3. The number of pyridine rings is 1. The molecule has 0 amide bonds. The van der Waals surface area contributed by atoms with E-state index in [9.17, 15) is 0 Å². The minimum Gasteiger partial charge on any atom is -0.352 e. The topological polar surface area (TPSA) is 31.4 Å². The lowest BCUT2D eigenvalue weighted by molar-refractivity contribution is 0.280. The molecule has 4 nitrogen and oxygen atoms in total. The Kier molecular flexibility index (Phi) is 5.31. The fourth-order valence-electron chi connectivity index (χ4n) is 2.75. The average Bonchev–Trinajstić information content (AvgIpc) is 3.09. The van der Waals surface area contributed by atoms with Crippen molar-refractivity contribution >= 4 is 44.6 Å². The fourth-order valence-corrected chi connectivity index (χ4v) is 4.67. The van der Waals surface area contributed by atoms with Crippen molar-refractivity contribution in [3.8, 4) is 0 Å². The summed E-state index contributed by atoms with van der Waals surface area (Å²) < 4.78 is 1.11. The van der Waals surface area contributed by atoms with Gasteiger partial charge in [0.1, 0.15) is 0 Å². The molecule has 0 aliphatic carbocycles. The summed E-state index contributed by atoms with van der Waals surface area (Å²) in [6, 6.07) is 8.47. The van der Waals surface area contributed by atoms with E-state index in [4.69, 9.17) is 12.2 Å². The number of hydrogen-bond donors (Lipinski definition) is 1. The van der Waals surface area contributed by atoms with E-state index in [-0.39, 0.29) is 12.1 Å². The summed E-state index contributed by atoms with van der Waals surface area (Å²) in [6.07, 6.45) is 1.84. The lowest BCUT2D eigenvalue weighted by Crippen LogP contribution is -2.35. The molecular weight excluding hydrogens is 392 g/mol. The third-order valence-corrected chi connectivity index (χ3v) is 5.98. The van der Waals surface area contributed by atoms with Crippen molar-refractivity contribution < 1.29 is 0 Å². The Labute approximate surface area is 154 Å². The van der Waals surface area contributed by atoms with E-state index in [0.29, 0.717) is 0 Å². The quantitative estimate of drug-likeness (QED) is 0.762. The maximum atomic E-state index is 5.61. The normalized spacial score (nSPS) is 21.0. The molecule has 2 unspecified atom stereocenters. The van der Waals surface area contributed by atoms with Crippen molar-refractivity contribution in [2.75, 3.05) is 27.2 Å². The molecule has 2 atom stereocenters. The van der Waals surface area contributed by atoms with Gasteiger partial charge < -0.3 is 15.1 Å². The van der Waals surface area contributed by atoms with Gasteiger partial charge in [0.05, 0.1) is 17.8 Å². The molecule has 0 saturated carbocycles. The van der Waals surface area contributed by atoms with E-state index in [1.54, 1.807) is 11.3 Å². The van der Waals surface area contributed by atoms with E-state index in [2.05, 4.69) is 67.6 Å². The Bertz CT molecular complexity index is 674. The van der Waals surface area contributed by atoms with Crippen molar-refractivity contribution in [3.63, 3.8) is 0 Å². The first kappa shape index (κ1) is 16.8. The van der Waals surface area contributed by atoms with Crippen LogP contribution in [0.5, 0.6) is 0 Å². The lowest BCUT2D eigenvalue weighted by atomic mass is 10.0. The number of thiocarbonyl (C=S) groups is 1. The molecule has 122 valence electrons. The van der Waals surface area contributed by atoms with Gasteiger partial charge in [-0.15, -0.1) is 11.3 Å². The summed E-state index contributed by atoms with van der Waals surface area (Å²) in [5.41, 5.74) is 1.02. The number of likely N-dealkylation sites (N-methyl/N-ethyl adjacent to an activating group) is 1. The molecule has 0 radical (unpaired) electrons. The van der Waals surface area contributed by atoms with Gasteiger partial charge in [-0.3, -0.25) is 4.98 Å². The molecule has 2 aromatic rings. The third kappa shape index (κ3) is 3.74. The maximum absolute atomic E-state index is 5.61. The van der Waals surface area contributed by atoms with E-state index < -0.39 is 0 Å². The number of rotatable bonds is 5. The molecule has 1 saturated heterocycles. The monoisotopic (exact) mass is 410 g/mol. The van der Waals surface area contributed by atoms with Crippen molar-refractivity contribution in [1.82, 2.24) is 20.1 Å². The number of halogens is 1. The van der Waals surface area contributed by atoms with Gasteiger partial charge in [0.25, 0.3) is 0 Å². The van der Waals surface area contributed by atoms with Gasteiger partial charge in [0, 0.05) is 34.0 Å². The van der Waals surface area contributed by atoms with Crippen molar-refractivity contribution in [2.24, 2.45) is 0 Å². The highest BCUT2D eigenvalue weighted by atomic mass is 79.9. The third-order valence-electron chi connectivity index (χ3n) is 3.87. The zero-order chi connectivity index (χ0) is 16.4. The van der Waals surface area contributed by atoms with Crippen LogP contribution in [0, 0.1) is 0 Å². The molecule has 0 spiro atoms. The molecule has 1 aliphatic rings. The van der Waals surface area contributed by atoms with E-state index >= 15 is 0 Å². The molecule has 1 N–H and O–H groups in total. The number of hydrogen-bond acceptors (Lipinski definition) is 4. The molecule has 3 heterocycles. The fraction of sp³-hybridized carbons (Fsp3) is 0.375. The van der Waals surface area contributed by atoms with Gasteiger partial charge in [-0.05, 0) is 60.4 Å². The molecule has 0 aromatic carbocycles. The largest absolute Gasteiger partial charge is 0.352 e. The van der Waals surface area contributed by atoms with Crippen molar-refractivity contribution in [1.29, 1.82) is 0 Å². The summed E-state index contributed by atoms with van der Waals surface area (Å²) in [4.78, 5) is 10.3. The van der Waals surface area contributed by atoms with E-state index in [1.807, 2.05) is 18.3 Å². The second kappa shape index (κ2) is 7.25. The van der Waals surface area contributed by atoms with E-state index in [0.717, 1.165) is 28.4 Å². The van der Waals surface area contributed by atoms with Gasteiger partial charge >= 0.3 is 0 Å². The van der Waals surface area contributed by atoms with Crippen LogP contribution >= 0.6 is 39.5 Å². The predicted octanol–water partition coefficient (Wildman–Crippen LogP) is 3.44. The van der Waals surface area contributed by atoms with Crippen LogP contribution < -0.4 is 5.32 Å². The zero-order valence-electron chi connectivity index (χ0n) is 13.1. The first-order valence-electron chi connectivity index (χ1n) is 7.43. The molecule has 2 aromatic heterocycles. The van der Waals surface area contributed by atoms with Crippen molar-refractivity contribution in [3.05, 3.63) is 50.9 Å². The SMILES string of the molecule is CN(C)CCN1C(=S)NC(c2ccccn2)C1c1cc(Br)cs1. The van der Waals surface area contributed by atoms with Gasteiger partial charge in [-0.25, -0.2) is 0 Å². The highest BCUT2D eigenvalue weighted by molar-refractivity contribution is 9.10. The minimum atomic E-state index is 0.0800. The van der Waals surface area contributed by atoms with E-state index in [1.165, 1.54) is 4.88 Å². The van der Waals surface area contributed by atoms with Gasteiger partial charge in [0.15, 0.2) is 5.11 Å². The Morgan fingerprint density at radius 3 is 2.87 bits per heavy atom. The Balaban J connectivity index is 1.94. The van der Waals surface area contributed by atoms with Crippen LogP contribution in [-0.4, -0.2) is 47.1 Å². The van der Waals surface area contributed by atoms with Crippen LogP contribution in [0.3, 0.4) is 0 Å². The average molecular weight is 411 g/mol. The minimum absolute atomic E-state index is 0.0800. The number of thiophene rings is 1. The second-order valence-electron chi connectivity index (χ2n) is 5.79. The molecular formula is C16H19BrN4S2. The lowest BCUT2D eigenvalue weighted by Gasteiger charge is -2.27. The second-order valence-corrected chi connectivity index (χ2v) is 8.04. The van der Waals surface area contributed by atoms with Gasteiger partial charge in [0.2, 0.25) is 0 Å². The summed E-state index contributed by atoms with van der Waals surface area (Å²) >= 11 is 10.9. The van der Waals surface area contributed by atoms with Crippen LogP contribution in [0.2, 0.25) is 0 Å². The molecule has 0 bridgehead atoms. The summed E-state index contributed by atoms with van der Waals surface area (Å²) in [5.74, 6) is 0. The van der Waals surface area contributed by atoms with Crippen LogP contribution in [0.1, 0.15) is 22.7 Å².